The molecular formula is C7H11Cl2N3O. The summed E-state index contributed by atoms with van der Waals surface area (Å²) in [4.78, 5) is 14.3. The SMILES string of the molecule is Cl.Cl.NCc1ccc(C(N)=O)nc1. The Morgan fingerprint density at radius 2 is 2.00 bits per heavy atom. The quantitative estimate of drug-likeness (QED) is 0.766. The van der Waals surface area contributed by atoms with E-state index in [1.165, 1.54) is 0 Å². The van der Waals surface area contributed by atoms with Gasteiger partial charge in [0.1, 0.15) is 5.69 Å². The smallest absolute Gasteiger partial charge is 0.267 e. The summed E-state index contributed by atoms with van der Waals surface area (Å²) in [5, 5.41) is 0. The number of primary amides is 1. The summed E-state index contributed by atoms with van der Waals surface area (Å²) in [6.07, 6.45) is 1.54. The molecule has 74 valence electrons. The fourth-order valence-electron chi connectivity index (χ4n) is 0.691. The van der Waals surface area contributed by atoms with Gasteiger partial charge in [-0.2, -0.15) is 0 Å². The van der Waals surface area contributed by atoms with Crippen molar-refractivity contribution in [1.82, 2.24) is 4.98 Å². The number of nitrogens with two attached hydrogens (primary N) is 2. The molecule has 13 heavy (non-hydrogen) atoms. The Kier molecular flexibility index (Phi) is 7.51. The first kappa shape index (κ1) is 14.7. The van der Waals surface area contributed by atoms with Gasteiger partial charge < -0.3 is 11.5 Å². The zero-order valence-electron chi connectivity index (χ0n) is 6.77. The van der Waals surface area contributed by atoms with Crippen LogP contribution in [0.15, 0.2) is 18.3 Å². The van der Waals surface area contributed by atoms with Crippen molar-refractivity contribution < 1.29 is 4.79 Å². The van der Waals surface area contributed by atoms with Crippen LogP contribution in [0.4, 0.5) is 0 Å². The highest BCUT2D eigenvalue weighted by molar-refractivity contribution is 5.90. The molecule has 1 aromatic rings. The van der Waals surface area contributed by atoms with E-state index in [-0.39, 0.29) is 30.5 Å². The maximum absolute atomic E-state index is 10.5. The van der Waals surface area contributed by atoms with Crippen molar-refractivity contribution >= 4 is 30.7 Å². The molecule has 0 atom stereocenters. The number of amides is 1. The number of rotatable bonds is 2. The number of nitrogens with zero attached hydrogens (tertiary/aromatic N) is 1. The number of aromatic nitrogens is 1. The number of carbonyl (C=O) groups excluding carboxylic acids is 1. The summed E-state index contributed by atoms with van der Waals surface area (Å²) in [5.41, 5.74) is 11.4. The number of carbonyl (C=O) groups is 1. The lowest BCUT2D eigenvalue weighted by molar-refractivity contribution is 0.0995. The van der Waals surface area contributed by atoms with E-state index in [4.69, 9.17) is 11.5 Å². The lowest BCUT2D eigenvalue weighted by Crippen LogP contribution is -2.13. The van der Waals surface area contributed by atoms with Crippen LogP contribution in [0.5, 0.6) is 0 Å². The third-order valence-corrected chi connectivity index (χ3v) is 1.31. The van der Waals surface area contributed by atoms with E-state index in [1.807, 2.05) is 0 Å². The highest BCUT2D eigenvalue weighted by atomic mass is 35.5. The Hall–Kier alpha value is -0.840. The van der Waals surface area contributed by atoms with Crippen molar-refractivity contribution in [3.05, 3.63) is 29.6 Å². The lowest BCUT2D eigenvalue weighted by Gasteiger charge is -1.95. The molecule has 0 fully saturated rings. The Morgan fingerprint density at radius 1 is 1.38 bits per heavy atom. The number of halogens is 2. The second-order valence-electron chi connectivity index (χ2n) is 2.12. The summed E-state index contributed by atoms with van der Waals surface area (Å²) < 4.78 is 0. The molecule has 0 aliphatic heterocycles. The minimum absolute atomic E-state index is 0. The highest BCUT2D eigenvalue weighted by Crippen LogP contribution is 1.97. The van der Waals surface area contributed by atoms with Gasteiger partial charge in [-0.15, -0.1) is 24.8 Å². The molecular weight excluding hydrogens is 213 g/mol. The molecule has 1 aromatic heterocycles. The summed E-state index contributed by atoms with van der Waals surface area (Å²) in [5.74, 6) is -0.520. The molecule has 0 aliphatic rings. The molecule has 0 spiro atoms. The average molecular weight is 224 g/mol. The van der Waals surface area contributed by atoms with E-state index < -0.39 is 5.91 Å². The van der Waals surface area contributed by atoms with Crippen LogP contribution in [0, 0.1) is 0 Å². The number of hydrogen-bond donors (Lipinski definition) is 2. The fraction of sp³-hybridized carbons (Fsp3) is 0.143. The minimum Gasteiger partial charge on any atom is -0.364 e. The third-order valence-electron chi connectivity index (χ3n) is 1.31. The van der Waals surface area contributed by atoms with Gasteiger partial charge in [-0.25, -0.2) is 0 Å². The van der Waals surface area contributed by atoms with Crippen LogP contribution in [0.2, 0.25) is 0 Å². The van der Waals surface area contributed by atoms with Gasteiger partial charge in [0.25, 0.3) is 5.91 Å². The third kappa shape index (κ3) is 4.07. The molecule has 0 bridgehead atoms. The van der Waals surface area contributed by atoms with Crippen molar-refractivity contribution in [2.45, 2.75) is 6.54 Å². The summed E-state index contributed by atoms with van der Waals surface area (Å²) >= 11 is 0. The zero-order valence-corrected chi connectivity index (χ0v) is 8.40. The predicted octanol–water partition coefficient (Wildman–Crippen LogP) is 0.483. The number of pyridine rings is 1. The fourth-order valence-corrected chi connectivity index (χ4v) is 0.691. The van der Waals surface area contributed by atoms with Gasteiger partial charge >= 0.3 is 0 Å². The minimum atomic E-state index is -0.520. The van der Waals surface area contributed by atoms with Crippen LogP contribution < -0.4 is 11.5 Å². The molecule has 4 nitrogen and oxygen atoms in total. The van der Waals surface area contributed by atoms with E-state index >= 15 is 0 Å². The van der Waals surface area contributed by atoms with Gasteiger partial charge in [0.15, 0.2) is 0 Å². The van der Waals surface area contributed by atoms with Crippen molar-refractivity contribution in [1.29, 1.82) is 0 Å². The van der Waals surface area contributed by atoms with Crippen molar-refractivity contribution in [3.63, 3.8) is 0 Å². The first-order chi connectivity index (χ1) is 5.24. The monoisotopic (exact) mass is 223 g/mol. The Balaban J connectivity index is 0. The molecule has 1 heterocycles. The van der Waals surface area contributed by atoms with Crippen LogP contribution in [-0.2, 0) is 6.54 Å². The molecule has 0 saturated heterocycles. The summed E-state index contributed by atoms with van der Waals surface area (Å²) in [6.45, 7) is 0.423. The molecule has 0 unspecified atom stereocenters. The van der Waals surface area contributed by atoms with Crippen LogP contribution in [0.25, 0.3) is 0 Å². The Labute approximate surface area is 88.5 Å². The number of hydrogen-bond acceptors (Lipinski definition) is 3. The van der Waals surface area contributed by atoms with E-state index in [1.54, 1.807) is 18.3 Å². The van der Waals surface area contributed by atoms with Crippen molar-refractivity contribution in [2.75, 3.05) is 0 Å². The van der Waals surface area contributed by atoms with Crippen LogP contribution in [-0.4, -0.2) is 10.9 Å². The van der Waals surface area contributed by atoms with E-state index in [2.05, 4.69) is 4.98 Å². The molecule has 0 saturated carbocycles. The maximum atomic E-state index is 10.5. The zero-order chi connectivity index (χ0) is 8.27. The first-order valence-corrected chi connectivity index (χ1v) is 3.19. The molecule has 0 aromatic carbocycles. The second-order valence-corrected chi connectivity index (χ2v) is 2.12. The molecule has 1 rings (SSSR count). The van der Waals surface area contributed by atoms with E-state index in [0.29, 0.717) is 6.54 Å². The maximum Gasteiger partial charge on any atom is 0.267 e. The first-order valence-electron chi connectivity index (χ1n) is 3.19. The van der Waals surface area contributed by atoms with Gasteiger partial charge in [0.05, 0.1) is 0 Å². The molecule has 0 radical (unpaired) electrons. The predicted molar refractivity (Wildman–Crippen MR) is 55.1 cm³/mol. The van der Waals surface area contributed by atoms with Gasteiger partial charge in [-0.3, -0.25) is 9.78 Å². The highest BCUT2D eigenvalue weighted by Gasteiger charge is 1.99. The van der Waals surface area contributed by atoms with E-state index in [0.717, 1.165) is 5.56 Å². The molecule has 4 N–H and O–H groups in total. The molecule has 0 aliphatic carbocycles. The van der Waals surface area contributed by atoms with Crippen molar-refractivity contribution in [3.8, 4) is 0 Å². The van der Waals surface area contributed by atoms with Gasteiger partial charge in [0.2, 0.25) is 0 Å². The van der Waals surface area contributed by atoms with E-state index in [9.17, 15) is 4.79 Å². The van der Waals surface area contributed by atoms with Crippen LogP contribution in [0.3, 0.4) is 0 Å². The average Bonchev–Trinajstić information content (AvgIpc) is 2.05. The second kappa shape index (κ2) is 6.65. The molecule has 1 amide bonds. The van der Waals surface area contributed by atoms with Gasteiger partial charge in [0, 0.05) is 12.7 Å². The standard InChI is InChI=1S/C7H9N3O.2ClH/c8-3-5-1-2-6(7(9)11)10-4-5;;/h1-2,4H,3,8H2,(H2,9,11);2*1H. The Morgan fingerprint density at radius 3 is 2.31 bits per heavy atom. The van der Waals surface area contributed by atoms with Crippen molar-refractivity contribution in [2.24, 2.45) is 11.5 Å². The lowest BCUT2D eigenvalue weighted by atomic mass is 10.2. The van der Waals surface area contributed by atoms with Crippen LogP contribution in [0.1, 0.15) is 16.1 Å². The normalized spacial score (nSPS) is 8.08. The summed E-state index contributed by atoms with van der Waals surface area (Å²) in [6, 6.07) is 3.29. The largest absolute Gasteiger partial charge is 0.364 e. The Bertz CT molecular complexity index is 263. The van der Waals surface area contributed by atoms with Crippen LogP contribution >= 0.6 is 24.8 Å². The summed E-state index contributed by atoms with van der Waals surface area (Å²) in [7, 11) is 0. The molecule has 6 heteroatoms. The topological polar surface area (TPSA) is 82.0 Å². The van der Waals surface area contributed by atoms with Gasteiger partial charge in [-0.1, -0.05) is 6.07 Å². The van der Waals surface area contributed by atoms with Gasteiger partial charge in [-0.05, 0) is 11.6 Å².